The number of carbonyl (C=O) groups excluding carboxylic acids is 1. The number of piperidine rings is 1. The van der Waals surface area contributed by atoms with Crippen LogP contribution >= 0.6 is 0 Å². The van der Waals surface area contributed by atoms with Crippen molar-refractivity contribution >= 4 is 15.9 Å². The zero-order valence-electron chi connectivity index (χ0n) is 11.6. The lowest BCUT2D eigenvalue weighted by Crippen LogP contribution is -2.42. The largest absolute Gasteiger partial charge is 0.367 e. The monoisotopic (exact) mass is 299 g/mol. The van der Waals surface area contributed by atoms with Gasteiger partial charge < -0.3 is 10.3 Å². The van der Waals surface area contributed by atoms with Crippen LogP contribution in [0.15, 0.2) is 18.5 Å². The van der Waals surface area contributed by atoms with Crippen LogP contribution in [0, 0.1) is 5.92 Å². The van der Waals surface area contributed by atoms with Gasteiger partial charge in [-0.1, -0.05) is 0 Å². The SMILES string of the molecule is CS(=O)(=O)N1CCC(C(=O)NCCc2cc[nH]c2)CC1. The van der Waals surface area contributed by atoms with Gasteiger partial charge in [0.15, 0.2) is 0 Å². The second-order valence-electron chi connectivity index (χ2n) is 5.20. The van der Waals surface area contributed by atoms with Crippen LogP contribution in [0.5, 0.6) is 0 Å². The van der Waals surface area contributed by atoms with Crippen LogP contribution in [0.25, 0.3) is 0 Å². The fraction of sp³-hybridized carbons (Fsp3) is 0.615. The highest BCUT2D eigenvalue weighted by Crippen LogP contribution is 2.19. The molecular formula is C13H21N3O3S. The summed E-state index contributed by atoms with van der Waals surface area (Å²) in [6.07, 6.45) is 6.99. The minimum atomic E-state index is -3.12. The lowest BCUT2D eigenvalue weighted by atomic mass is 9.97. The number of H-pyrrole nitrogens is 1. The van der Waals surface area contributed by atoms with E-state index >= 15 is 0 Å². The van der Waals surface area contributed by atoms with Crippen LogP contribution in [0.2, 0.25) is 0 Å². The van der Waals surface area contributed by atoms with Gasteiger partial charge in [0.25, 0.3) is 0 Å². The minimum absolute atomic E-state index is 0.0358. The van der Waals surface area contributed by atoms with Gasteiger partial charge in [0.1, 0.15) is 0 Å². The van der Waals surface area contributed by atoms with Crippen molar-refractivity contribution in [2.75, 3.05) is 25.9 Å². The van der Waals surface area contributed by atoms with E-state index in [0.717, 1.165) is 12.0 Å². The van der Waals surface area contributed by atoms with Crippen LogP contribution in [-0.4, -0.2) is 49.5 Å². The van der Waals surface area contributed by atoms with Crippen molar-refractivity contribution in [3.63, 3.8) is 0 Å². The van der Waals surface area contributed by atoms with Crippen molar-refractivity contribution < 1.29 is 13.2 Å². The number of rotatable bonds is 5. The Bertz CT molecular complexity index is 531. The summed E-state index contributed by atoms with van der Waals surface area (Å²) in [5, 5.41) is 2.92. The van der Waals surface area contributed by atoms with E-state index in [1.165, 1.54) is 10.6 Å². The predicted molar refractivity (Wildman–Crippen MR) is 76.6 cm³/mol. The highest BCUT2D eigenvalue weighted by Gasteiger charge is 2.28. The third kappa shape index (κ3) is 4.08. The van der Waals surface area contributed by atoms with E-state index in [0.29, 0.717) is 32.5 Å². The molecule has 1 amide bonds. The van der Waals surface area contributed by atoms with Crippen molar-refractivity contribution in [1.29, 1.82) is 0 Å². The fourth-order valence-corrected chi connectivity index (χ4v) is 3.31. The molecule has 1 aromatic heterocycles. The maximum absolute atomic E-state index is 12.0. The maximum atomic E-state index is 12.0. The second-order valence-corrected chi connectivity index (χ2v) is 7.18. The van der Waals surface area contributed by atoms with Crippen molar-refractivity contribution in [2.24, 2.45) is 5.92 Å². The minimum Gasteiger partial charge on any atom is -0.367 e. The molecule has 20 heavy (non-hydrogen) atoms. The Kier molecular flexibility index (Phi) is 4.82. The molecule has 7 heteroatoms. The molecule has 0 spiro atoms. The van der Waals surface area contributed by atoms with E-state index in [1.54, 1.807) is 0 Å². The number of amides is 1. The Labute approximate surface area is 119 Å². The Balaban J connectivity index is 1.72. The van der Waals surface area contributed by atoms with Gasteiger partial charge in [-0.05, 0) is 30.9 Å². The van der Waals surface area contributed by atoms with Crippen molar-refractivity contribution in [3.05, 3.63) is 24.0 Å². The molecule has 0 aliphatic carbocycles. The van der Waals surface area contributed by atoms with E-state index in [2.05, 4.69) is 10.3 Å². The summed E-state index contributed by atoms with van der Waals surface area (Å²) in [6.45, 7) is 1.49. The zero-order chi connectivity index (χ0) is 14.6. The Morgan fingerprint density at radius 1 is 1.45 bits per heavy atom. The zero-order valence-corrected chi connectivity index (χ0v) is 12.4. The van der Waals surface area contributed by atoms with Crippen molar-refractivity contribution in [3.8, 4) is 0 Å². The summed E-state index contributed by atoms with van der Waals surface area (Å²) >= 11 is 0. The average molecular weight is 299 g/mol. The number of hydrogen-bond acceptors (Lipinski definition) is 3. The third-order valence-electron chi connectivity index (χ3n) is 3.67. The first kappa shape index (κ1) is 15.1. The predicted octanol–water partition coefficient (Wildman–Crippen LogP) is 0.345. The molecule has 1 aromatic rings. The summed E-state index contributed by atoms with van der Waals surface area (Å²) in [6, 6.07) is 1.98. The van der Waals surface area contributed by atoms with Gasteiger partial charge in [0, 0.05) is 37.9 Å². The summed E-state index contributed by atoms with van der Waals surface area (Å²) in [4.78, 5) is 15.0. The molecule has 1 saturated heterocycles. The normalized spacial score (nSPS) is 18.1. The summed E-state index contributed by atoms with van der Waals surface area (Å²) in [7, 11) is -3.12. The molecule has 0 bridgehead atoms. The number of sulfonamides is 1. The number of nitrogens with zero attached hydrogens (tertiary/aromatic N) is 1. The van der Waals surface area contributed by atoms with E-state index in [1.807, 2.05) is 18.5 Å². The molecule has 1 aliphatic heterocycles. The lowest BCUT2D eigenvalue weighted by molar-refractivity contribution is -0.126. The van der Waals surface area contributed by atoms with Crippen LogP contribution in [-0.2, 0) is 21.2 Å². The van der Waals surface area contributed by atoms with Crippen molar-refractivity contribution in [1.82, 2.24) is 14.6 Å². The Hall–Kier alpha value is -1.34. The Morgan fingerprint density at radius 2 is 2.15 bits per heavy atom. The maximum Gasteiger partial charge on any atom is 0.223 e. The van der Waals surface area contributed by atoms with Gasteiger partial charge in [-0.2, -0.15) is 0 Å². The van der Waals surface area contributed by atoms with E-state index in [9.17, 15) is 13.2 Å². The highest BCUT2D eigenvalue weighted by molar-refractivity contribution is 7.88. The molecule has 1 fully saturated rings. The molecule has 0 unspecified atom stereocenters. The van der Waals surface area contributed by atoms with Crippen LogP contribution in [0.4, 0.5) is 0 Å². The molecule has 1 aliphatic rings. The number of aromatic amines is 1. The molecule has 0 saturated carbocycles. The first-order valence-corrected chi connectivity index (χ1v) is 8.66. The lowest BCUT2D eigenvalue weighted by Gasteiger charge is -2.29. The quantitative estimate of drug-likeness (QED) is 0.823. The van der Waals surface area contributed by atoms with Gasteiger partial charge in [-0.25, -0.2) is 12.7 Å². The molecule has 0 radical (unpaired) electrons. The fourth-order valence-electron chi connectivity index (χ4n) is 2.44. The number of aromatic nitrogens is 1. The first-order valence-electron chi connectivity index (χ1n) is 6.81. The number of nitrogens with one attached hydrogen (secondary N) is 2. The van der Waals surface area contributed by atoms with Gasteiger partial charge in [-0.3, -0.25) is 4.79 Å². The summed E-state index contributed by atoms with van der Waals surface area (Å²) in [5.74, 6) is -0.0343. The number of carbonyl (C=O) groups is 1. The van der Waals surface area contributed by atoms with Gasteiger partial charge in [-0.15, -0.1) is 0 Å². The van der Waals surface area contributed by atoms with Crippen molar-refractivity contribution in [2.45, 2.75) is 19.3 Å². The summed E-state index contributed by atoms with van der Waals surface area (Å²) in [5.41, 5.74) is 1.16. The molecule has 0 aromatic carbocycles. The van der Waals surface area contributed by atoms with E-state index in [4.69, 9.17) is 0 Å². The first-order chi connectivity index (χ1) is 9.47. The van der Waals surface area contributed by atoms with E-state index in [-0.39, 0.29) is 11.8 Å². The molecule has 2 rings (SSSR count). The topological polar surface area (TPSA) is 82.3 Å². The van der Waals surface area contributed by atoms with Crippen LogP contribution in [0.3, 0.4) is 0 Å². The molecule has 0 atom stereocenters. The summed E-state index contributed by atoms with van der Waals surface area (Å²) < 4.78 is 24.2. The van der Waals surface area contributed by atoms with Gasteiger partial charge >= 0.3 is 0 Å². The van der Waals surface area contributed by atoms with E-state index < -0.39 is 10.0 Å². The molecule has 2 heterocycles. The second kappa shape index (κ2) is 6.41. The van der Waals surface area contributed by atoms with Gasteiger partial charge in [0.2, 0.25) is 15.9 Å². The van der Waals surface area contributed by atoms with Crippen LogP contribution in [0.1, 0.15) is 18.4 Å². The number of hydrogen-bond donors (Lipinski definition) is 2. The van der Waals surface area contributed by atoms with Gasteiger partial charge in [0.05, 0.1) is 6.26 Å². The molecular weight excluding hydrogens is 278 g/mol. The molecule has 2 N–H and O–H groups in total. The average Bonchev–Trinajstić information content (AvgIpc) is 2.91. The molecule has 6 nitrogen and oxygen atoms in total. The molecule has 112 valence electrons. The highest BCUT2D eigenvalue weighted by atomic mass is 32.2. The standard InChI is InChI=1S/C13H21N3O3S/c1-20(18,19)16-8-4-12(5-9-16)13(17)15-7-3-11-2-6-14-10-11/h2,6,10,12,14H,3-5,7-9H2,1H3,(H,15,17). The van der Waals surface area contributed by atoms with Crippen LogP contribution < -0.4 is 5.32 Å². The Morgan fingerprint density at radius 3 is 2.70 bits per heavy atom. The third-order valence-corrected chi connectivity index (χ3v) is 4.97. The smallest absolute Gasteiger partial charge is 0.223 e.